The van der Waals surface area contributed by atoms with Gasteiger partial charge in [-0.1, -0.05) is 27.4 Å². The van der Waals surface area contributed by atoms with Crippen LogP contribution in [0.5, 0.6) is 11.5 Å². The molecule has 6 nitrogen and oxygen atoms in total. The first kappa shape index (κ1) is 5.23. The smallest absolute Gasteiger partial charge is 0.323 e. The lowest BCUT2D eigenvalue weighted by atomic mass is 9.79. The van der Waals surface area contributed by atoms with Gasteiger partial charge in [0.25, 0.3) is 0 Å². The summed E-state index contributed by atoms with van der Waals surface area (Å²) in [4.78, 5) is 13.1. The molecule has 168 valence electrons. The van der Waals surface area contributed by atoms with Gasteiger partial charge >= 0.3 is 5.97 Å². The summed E-state index contributed by atoms with van der Waals surface area (Å²) in [6.07, 6.45) is -20.6. The Morgan fingerprint density at radius 1 is 1.43 bits per heavy atom. The Morgan fingerprint density at radius 3 is 2.93 bits per heavy atom. The van der Waals surface area contributed by atoms with E-state index in [-0.39, 0.29) is 0 Å². The van der Waals surface area contributed by atoms with Crippen molar-refractivity contribution in [3.8, 4) is 11.5 Å². The zero-order chi connectivity index (χ0) is 50.7. The van der Waals surface area contributed by atoms with Gasteiger partial charge in [-0.3, -0.25) is 9.69 Å². The van der Waals surface area contributed by atoms with E-state index in [0.29, 0.717) is 7.11 Å². The number of piperidine rings is 1. The van der Waals surface area contributed by atoms with Crippen LogP contribution < -0.4 is 15.2 Å². The number of methoxy groups -OCH3 is 2. The number of ether oxygens (including phenoxy) is 3. The first-order chi connectivity index (χ1) is 27.1. The number of benzene rings is 1. The Labute approximate surface area is 227 Å². The van der Waals surface area contributed by atoms with Crippen LogP contribution in [0.4, 0.5) is 0 Å². The van der Waals surface area contributed by atoms with Crippen LogP contribution in [0.2, 0.25) is 0 Å². The van der Waals surface area contributed by atoms with E-state index < -0.39 is 148 Å². The van der Waals surface area contributed by atoms with Crippen LogP contribution in [-0.2, 0) is 15.9 Å². The molecule has 3 rings (SSSR count). The van der Waals surface area contributed by atoms with Crippen LogP contribution in [0.15, 0.2) is 12.1 Å². The quantitative estimate of drug-likeness (QED) is 0.639. The Hall–Kier alpha value is -1.79. The molecule has 30 heavy (non-hydrogen) atoms. The van der Waals surface area contributed by atoms with E-state index in [4.69, 9.17) is 55.6 Å². The molecule has 4 atom stereocenters. The Kier molecular flexibility index (Phi) is 1.67. The third-order valence-electron chi connectivity index (χ3n) is 3.61. The monoisotopic (exact) mass is 451 g/mol. The fourth-order valence-corrected chi connectivity index (χ4v) is 2.30. The Balaban J connectivity index is 2.93. The number of nitrogens with two attached hydrogens (primary N) is 1. The van der Waals surface area contributed by atoms with E-state index in [1.165, 1.54) is 0 Å². The molecule has 2 heterocycles. The second-order valence-electron chi connectivity index (χ2n) is 5.50. The molecule has 1 saturated heterocycles. The van der Waals surface area contributed by atoms with E-state index in [1.54, 1.807) is 0 Å². The first-order valence-corrected chi connectivity index (χ1v) is 7.84. The molecule has 0 radical (unpaired) electrons. The predicted molar refractivity (Wildman–Crippen MR) is 118 cm³/mol. The molecule has 0 aromatic heterocycles. The summed E-state index contributed by atoms with van der Waals surface area (Å²) in [5.74, 6) is -21.5. The van der Waals surface area contributed by atoms with Crippen molar-refractivity contribution in [2.75, 3.05) is 27.1 Å². The van der Waals surface area contributed by atoms with Gasteiger partial charge < -0.3 is 19.9 Å². The largest absolute Gasteiger partial charge is 0.493 e. The molecule has 2 aliphatic heterocycles. The van der Waals surface area contributed by atoms with Crippen LogP contribution in [0.25, 0.3) is 0 Å². The summed E-state index contributed by atoms with van der Waals surface area (Å²) in [5.41, 5.74) is 1.84. The van der Waals surface area contributed by atoms with E-state index in [9.17, 15) is 14.4 Å². The van der Waals surface area contributed by atoms with E-state index in [1.807, 2.05) is 0 Å². The lowest BCUT2D eigenvalue weighted by Gasteiger charge is -2.47. The zero-order valence-electron chi connectivity index (χ0n) is 48.2. The SMILES string of the molecule is [2H]c1c(OC)c(OC([2H])([2H])[2H])c([2H])c2c1C([2H])([2H])C([2H])([2H])N1C([2H])([2H])C([2H])(C([2H])([2H])C([2H])(C([2H])([2H])[2H])C([2H])([2H])[2H])C([2H])(OC(=O)[C@@]([2H])(N)C([2H])(C([2H])([2H])[2H])C([2H])([2H])[2H])C([2H])([2H])C21[2H]. The van der Waals surface area contributed by atoms with Crippen molar-refractivity contribution < 1.29 is 64.2 Å². The predicted octanol–water partition coefficient (Wildman–Crippen LogP) is 3.56. The maximum absolute atomic E-state index is 14.2. The second kappa shape index (κ2) is 9.56. The highest BCUT2D eigenvalue weighted by molar-refractivity contribution is 5.76. The van der Waals surface area contributed by atoms with Crippen LogP contribution >= 0.6 is 0 Å². The van der Waals surface area contributed by atoms with Crippen molar-refractivity contribution in [3.05, 3.63) is 23.2 Å². The average Bonchev–Trinajstić information content (AvgIpc) is 3.03. The van der Waals surface area contributed by atoms with Crippen molar-refractivity contribution >= 4 is 5.97 Å². The van der Waals surface area contributed by atoms with Crippen LogP contribution in [0.3, 0.4) is 0 Å². The van der Waals surface area contributed by atoms with Gasteiger partial charge in [-0.25, -0.2) is 0 Å². The van der Waals surface area contributed by atoms with Gasteiger partial charge in [0.1, 0.15) is 12.1 Å². The fourth-order valence-electron chi connectivity index (χ4n) is 2.30. The number of hydrogen-bond donors (Lipinski definition) is 1. The number of hydrogen-bond acceptors (Lipinski definition) is 6. The molecule has 0 bridgehead atoms. The summed E-state index contributed by atoms with van der Waals surface area (Å²) in [6.45, 7) is -28.3. The summed E-state index contributed by atoms with van der Waals surface area (Å²) in [5, 5.41) is 0. The third-order valence-corrected chi connectivity index (χ3v) is 3.61. The minimum Gasteiger partial charge on any atom is -0.493 e. The van der Waals surface area contributed by atoms with E-state index in [0.717, 1.165) is 0 Å². The lowest BCUT2D eigenvalue weighted by molar-refractivity contribution is -0.160. The number of carbonyl (C=O) groups is 1. The highest BCUT2D eigenvalue weighted by Gasteiger charge is 2.41. The molecule has 3 unspecified atom stereocenters. The number of carbonyl (C=O) groups excluding carboxylic acids is 1. The van der Waals surface area contributed by atoms with E-state index in [2.05, 4.69) is 0 Å². The van der Waals surface area contributed by atoms with Crippen molar-refractivity contribution in [1.82, 2.24) is 4.90 Å². The van der Waals surface area contributed by atoms with Crippen molar-refractivity contribution in [2.24, 2.45) is 23.4 Å². The highest BCUT2D eigenvalue weighted by atomic mass is 16.5. The molecule has 0 spiro atoms. The van der Waals surface area contributed by atoms with Gasteiger partial charge in [-0.15, -0.1) is 0 Å². The van der Waals surface area contributed by atoms with Gasteiger partial charge in [0.15, 0.2) is 11.5 Å². The molecule has 0 saturated carbocycles. The van der Waals surface area contributed by atoms with Gasteiger partial charge in [0, 0.05) is 65.5 Å². The molecule has 0 aliphatic carbocycles. The van der Waals surface area contributed by atoms with Crippen LogP contribution in [0.1, 0.15) is 103 Å². The molecule has 6 heteroatoms. The third kappa shape index (κ3) is 4.75. The molecular weight excluding hydrogens is 380 g/mol. The van der Waals surface area contributed by atoms with E-state index >= 15 is 0 Å². The molecule has 2 aliphatic rings. The summed E-state index contributed by atoms with van der Waals surface area (Å²) < 4.78 is 294. The van der Waals surface area contributed by atoms with Crippen LogP contribution in [0, 0.1) is 17.7 Å². The van der Waals surface area contributed by atoms with Crippen molar-refractivity contribution in [2.45, 2.75) is 64.6 Å². The Morgan fingerprint density at radius 2 is 2.23 bits per heavy atom. The minimum atomic E-state index is -5.61. The number of rotatable bonds is 7. The second-order valence-corrected chi connectivity index (χ2v) is 5.50. The lowest BCUT2D eigenvalue weighted by Crippen LogP contribution is -2.51. The molecule has 1 aromatic rings. The van der Waals surface area contributed by atoms with Crippen molar-refractivity contribution in [3.63, 3.8) is 0 Å². The average molecular weight is 452 g/mol. The number of esters is 1. The van der Waals surface area contributed by atoms with Gasteiger partial charge in [-0.05, 0) is 47.7 Å². The highest BCUT2D eigenvalue weighted by Crippen LogP contribution is 2.44. The van der Waals surface area contributed by atoms with Gasteiger partial charge in [0.05, 0.1) is 25.1 Å². The maximum Gasteiger partial charge on any atom is 0.323 e. The van der Waals surface area contributed by atoms with Gasteiger partial charge in [0.2, 0.25) is 0 Å². The maximum atomic E-state index is 14.2. The molecule has 0 amide bonds. The number of fused-ring (bicyclic) bond motifs is 3. The van der Waals surface area contributed by atoms with Gasteiger partial charge in [-0.2, -0.15) is 0 Å². The topological polar surface area (TPSA) is 74.0 Å². The Bertz CT molecular complexity index is 1990. The summed E-state index contributed by atoms with van der Waals surface area (Å²) in [6, 6.07) is -13.0. The standard InChI is InChI=1S/C24H38N2O4/c1-14(2)9-17-13-26-8-7-16-10-21(28-5)22(29-6)11-18(16)19(26)12-20(17)30-24(27)23(25)15(3)4/h10-11,14-15,17,19-20,23H,7-9,12-13,25H2,1-6H3/t17?,19?,20?,23-/m0/s1/i1D3,2D3,3D3,4D3,6D3,7D2,8D2,9D2,10D,11D,12D2,13D2,14D,15D,17D,19D,20D,23D. The zero-order valence-corrected chi connectivity index (χ0v) is 15.2. The summed E-state index contributed by atoms with van der Waals surface area (Å²) >= 11 is 0. The van der Waals surface area contributed by atoms with Crippen LogP contribution in [-0.4, -0.2) is 50.1 Å². The fraction of sp³-hybridized carbons (Fsp3) is 0.708. The van der Waals surface area contributed by atoms with Crippen molar-refractivity contribution in [1.29, 1.82) is 0 Å². The minimum absolute atomic E-state index is 0.665. The molecule has 1 aromatic carbocycles. The number of nitrogens with zero attached hydrogens (tertiary/aromatic N) is 1. The summed E-state index contributed by atoms with van der Waals surface area (Å²) in [7, 11) is -3.05. The first-order valence-electron chi connectivity index (χ1n) is 24.3. The molecule has 1 fully saturated rings. The normalized spacial score (nSPS) is 59.5. The molecular formula is C24H38N2O4. The molecule has 2 N–H and O–H groups in total.